The van der Waals surface area contributed by atoms with Crippen molar-refractivity contribution in [3.63, 3.8) is 0 Å². The number of hydrogen-bond donors (Lipinski definition) is 2. The van der Waals surface area contributed by atoms with E-state index in [1.54, 1.807) is 6.92 Å². The number of alkyl halides is 3. The largest absolute Gasteiger partial charge is 0.417 e. The van der Waals surface area contributed by atoms with Gasteiger partial charge in [-0.05, 0) is 19.4 Å². The lowest BCUT2D eigenvalue weighted by molar-refractivity contribution is -0.137. The zero-order valence-electron chi connectivity index (χ0n) is 11.0. The second-order valence-corrected chi connectivity index (χ2v) is 4.62. The topological polar surface area (TPSA) is 54.0 Å². The molecule has 2 N–H and O–H groups in total. The van der Waals surface area contributed by atoms with E-state index in [1.807, 2.05) is 6.92 Å². The zero-order valence-corrected chi connectivity index (χ0v) is 11.8. The summed E-state index contributed by atoms with van der Waals surface area (Å²) in [4.78, 5) is 15.2. The Morgan fingerprint density at radius 2 is 2.15 bits per heavy atom. The summed E-state index contributed by atoms with van der Waals surface area (Å²) in [6.45, 7) is 4.01. The number of carbonyl (C=O) groups is 1. The molecule has 1 aromatic heterocycles. The molecule has 20 heavy (non-hydrogen) atoms. The van der Waals surface area contributed by atoms with Crippen LogP contribution in [0.2, 0.25) is 5.02 Å². The molecule has 0 saturated carbocycles. The van der Waals surface area contributed by atoms with Gasteiger partial charge in [0.25, 0.3) is 0 Å². The van der Waals surface area contributed by atoms with Crippen LogP contribution in [0.1, 0.15) is 25.8 Å². The van der Waals surface area contributed by atoms with Crippen LogP contribution in [0.3, 0.4) is 0 Å². The van der Waals surface area contributed by atoms with Gasteiger partial charge in [0.2, 0.25) is 5.91 Å². The number of aromatic nitrogens is 1. The van der Waals surface area contributed by atoms with E-state index in [4.69, 9.17) is 11.6 Å². The van der Waals surface area contributed by atoms with E-state index in [2.05, 4.69) is 15.6 Å². The number of halogens is 4. The molecule has 0 aliphatic heterocycles. The van der Waals surface area contributed by atoms with Crippen molar-refractivity contribution >= 4 is 23.3 Å². The van der Waals surface area contributed by atoms with Gasteiger partial charge in [-0.2, -0.15) is 13.2 Å². The summed E-state index contributed by atoms with van der Waals surface area (Å²) in [5.74, 6) is -0.233. The first-order valence-electron chi connectivity index (χ1n) is 6.02. The average Bonchev–Trinajstić information content (AvgIpc) is 2.36. The van der Waals surface area contributed by atoms with Gasteiger partial charge in [-0.1, -0.05) is 18.5 Å². The zero-order chi connectivity index (χ0) is 15.3. The molecule has 1 heterocycles. The lowest BCUT2D eigenvalue weighted by Gasteiger charge is -2.16. The maximum atomic E-state index is 12.4. The van der Waals surface area contributed by atoms with E-state index >= 15 is 0 Å². The number of carbonyl (C=O) groups excluding carboxylic acids is 1. The second-order valence-electron chi connectivity index (χ2n) is 4.21. The van der Waals surface area contributed by atoms with Crippen molar-refractivity contribution in [3.8, 4) is 0 Å². The van der Waals surface area contributed by atoms with Gasteiger partial charge in [0.1, 0.15) is 11.9 Å². The maximum Gasteiger partial charge on any atom is 0.417 e. The van der Waals surface area contributed by atoms with Gasteiger partial charge in [-0.15, -0.1) is 0 Å². The van der Waals surface area contributed by atoms with Gasteiger partial charge in [-0.3, -0.25) is 4.79 Å². The Morgan fingerprint density at radius 1 is 1.50 bits per heavy atom. The third kappa shape index (κ3) is 4.56. The minimum absolute atomic E-state index is 0.0406. The van der Waals surface area contributed by atoms with Crippen LogP contribution >= 0.6 is 11.6 Å². The molecule has 0 radical (unpaired) electrons. The number of anilines is 1. The van der Waals surface area contributed by atoms with Crippen LogP contribution < -0.4 is 10.6 Å². The fourth-order valence-corrected chi connectivity index (χ4v) is 1.59. The van der Waals surface area contributed by atoms with Gasteiger partial charge in [0.15, 0.2) is 0 Å². The van der Waals surface area contributed by atoms with Crippen LogP contribution in [-0.2, 0) is 11.0 Å². The highest BCUT2D eigenvalue weighted by molar-refractivity contribution is 6.33. The molecular formula is C12H15ClF3N3O. The van der Waals surface area contributed by atoms with Gasteiger partial charge in [-0.25, -0.2) is 4.98 Å². The summed E-state index contributed by atoms with van der Waals surface area (Å²) in [5, 5.41) is 5.14. The standard InChI is InChI=1S/C12H15ClF3N3O/c1-3-4-17-11(20)7(2)19-10-9(13)5-8(6-18-10)12(14,15)16/h5-7H,3-4H2,1-2H3,(H,17,20)(H,18,19). The number of amides is 1. The van der Waals surface area contributed by atoms with E-state index < -0.39 is 17.8 Å². The molecule has 1 unspecified atom stereocenters. The van der Waals surface area contributed by atoms with Crippen molar-refractivity contribution in [2.24, 2.45) is 0 Å². The van der Waals surface area contributed by atoms with Crippen molar-refractivity contribution in [3.05, 3.63) is 22.8 Å². The molecule has 1 atom stereocenters. The molecule has 4 nitrogen and oxygen atoms in total. The summed E-state index contributed by atoms with van der Waals surface area (Å²) in [5.41, 5.74) is -0.934. The normalized spacial score (nSPS) is 12.9. The van der Waals surface area contributed by atoms with E-state index in [0.29, 0.717) is 12.7 Å². The summed E-state index contributed by atoms with van der Waals surface area (Å²) in [7, 11) is 0. The molecule has 0 spiro atoms. The highest BCUT2D eigenvalue weighted by Gasteiger charge is 2.31. The molecule has 0 saturated heterocycles. The third-order valence-corrected chi connectivity index (χ3v) is 2.75. The number of hydrogen-bond acceptors (Lipinski definition) is 3. The van der Waals surface area contributed by atoms with Crippen molar-refractivity contribution in [2.75, 3.05) is 11.9 Å². The summed E-state index contributed by atoms with van der Waals surface area (Å²) in [6, 6.07) is 0.122. The Morgan fingerprint density at radius 3 is 2.65 bits per heavy atom. The molecule has 1 aromatic rings. The SMILES string of the molecule is CCCNC(=O)C(C)Nc1ncc(C(F)(F)F)cc1Cl. The minimum Gasteiger partial charge on any atom is -0.357 e. The monoisotopic (exact) mass is 309 g/mol. The molecule has 0 aromatic carbocycles. The molecule has 0 aliphatic rings. The fourth-order valence-electron chi connectivity index (χ4n) is 1.37. The molecule has 1 amide bonds. The smallest absolute Gasteiger partial charge is 0.357 e. The predicted molar refractivity (Wildman–Crippen MR) is 70.6 cm³/mol. The number of rotatable bonds is 5. The molecule has 0 bridgehead atoms. The summed E-state index contributed by atoms with van der Waals surface area (Å²) < 4.78 is 37.3. The third-order valence-electron chi connectivity index (χ3n) is 2.46. The van der Waals surface area contributed by atoms with Crippen LogP contribution in [0.5, 0.6) is 0 Å². The van der Waals surface area contributed by atoms with Gasteiger partial charge in [0.05, 0.1) is 10.6 Å². The van der Waals surface area contributed by atoms with Crippen molar-refractivity contribution in [1.29, 1.82) is 0 Å². The Hall–Kier alpha value is -1.50. The first-order chi connectivity index (χ1) is 9.25. The van der Waals surface area contributed by atoms with E-state index in [-0.39, 0.29) is 16.7 Å². The highest BCUT2D eigenvalue weighted by Crippen LogP contribution is 2.32. The highest BCUT2D eigenvalue weighted by atomic mass is 35.5. The maximum absolute atomic E-state index is 12.4. The van der Waals surface area contributed by atoms with E-state index in [1.165, 1.54) is 0 Å². The van der Waals surface area contributed by atoms with Crippen molar-refractivity contribution < 1.29 is 18.0 Å². The first-order valence-corrected chi connectivity index (χ1v) is 6.40. The number of nitrogens with zero attached hydrogens (tertiary/aromatic N) is 1. The minimum atomic E-state index is -4.50. The molecule has 1 rings (SSSR count). The van der Waals surface area contributed by atoms with Gasteiger partial charge in [0, 0.05) is 12.7 Å². The Balaban J connectivity index is 2.76. The summed E-state index contributed by atoms with van der Waals surface area (Å²) in [6.07, 6.45) is -3.04. The molecule has 0 aliphatic carbocycles. The molecule has 0 fully saturated rings. The quantitative estimate of drug-likeness (QED) is 0.879. The van der Waals surface area contributed by atoms with Crippen LogP contribution in [0.25, 0.3) is 0 Å². The second kappa shape index (κ2) is 6.78. The summed E-state index contributed by atoms with van der Waals surface area (Å²) >= 11 is 5.73. The van der Waals surface area contributed by atoms with Crippen LogP contribution in [-0.4, -0.2) is 23.5 Å². The van der Waals surface area contributed by atoms with Crippen molar-refractivity contribution in [1.82, 2.24) is 10.3 Å². The molecule has 8 heteroatoms. The predicted octanol–water partition coefficient (Wildman–Crippen LogP) is 3.08. The van der Waals surface area contributed by atoms with Crippen molar-refractivity contribution in [2.45, 2.75) is 32.5 Å². The van der Waals surface area contributed by atoms with E-state index in [9.17, 15) is 18.0 Å². The van der Waals surface area contributed by atoms with Crippen LogP contribution in [0, 0.1) is 0 Å². The van der Waals surface area contributed by atoms with E-state index in [0.717, 1.165) is 12.5 Å². The molecular weight excluding hydrogens is 295 g/mol. The Bertz CT molecular complexity index is 480. The number of nitrogens with one attached hydrogen (secondary N) is 2. The average molecular weight is 310 g/mol. The molecule has 112 valence electrons. The van der Waals surface area contributed by atoms with Crippen LogP contribution in [0.15, 0.2) is 12.3 Å². The fraction of sp³-hybridized carbons (Fsp3) is 0.500. The Kier molecular flexibility index (Phi) is 5.62. The van der Waals surface area contributed by atoms with Gasteiger partial charge >= 0.3 is 6.18 Å². The van der Waals surface area contributed by atoms with Gasteiger partial charge < -0.3 is 10.6 Å². The number of pyridine rings is 1. The van der Waals surface area contributed by atoms with Crippen LogP contribution in [0.4, 0.5) is 19.0 Å². The first kappa shape index (κ1) is 16.6. The lowest BCUT2D eigenvalue weighted by atomic mass is 10.2. The Labute approximate surface area is 119 Å². The lowest BCUT2D eigenvalue weighted by Crippen LogP contribution is -2.38.